The molecule has 33 heavy (non-hydrogen) atoms. The zero-order valence-corrected chi connectivity index (χ0v) is 20.4. The Bertz CT molecular complexity index is 1320. The maximum Gasteiger partial charge on any atom is 0.341 e. The van der Waals surface area contributed by atoms with Crippen molar-refractivity contribution in [3.8, 4) is 11.1 Å². The molecule has 0 bridgehead atoms. The predicted molar refractivity (Wildman–Crippen MR) is 136 cm³/mol. The van der Waals surface area contributed by atoms with E-state index in [1.54, 1.807) is 6.92 Å². The van der Waals surface area contributed by atoms with Gasteiger partial charge in [-0.3, -0.25) is 4.79 Å². The number of nitrogens with one attached hydrogen (secondary N) is 1. The van der Waals surface area contributed by atoms with Crippen LogP contribution in [-0.4, -0.2) is 23.5 Å². The van der Waals surface area contributed by atoms with E-state index in [1.807, 2.05) is 48.7 Å². The number of ether oxygens (including phenoxy) is 1. The Morgan fingerprint density at radius 1 is 1.12 bits per heavy atom. The van der Waals surface area contributed by atoms with Gasteiger partial charge >= 0.3 is 5.97 Å². The molecule has 0 saturated carbocycles. The van der Waals surface area contributed by atoms with Crippen LogP contribution in [0.1, 0.15) is 51.6 Å². The van der Waals surface area contributed by atoms with Gasteiger partial charge < -0.3 is 15.8 Å². The lowest BCUT2D eigenvalue weighted by Gasteiger charge is -2.09. The van der Waals surface area contributed by atoms with Crippen LogP contribution in [0.15, 0.2) is 41.8 Å². The molecule has 0 aliphatic carbocycles. The second kappa shape index (κ2) is 9.72. The second-order valence-electron chi connectivity index (χ2n) is 7.64. The zero-order valence-electron chi connectivity index (χ0n) is 18.7. The molecular formula is C25H25N3O3S2. The molecule has 0 spiro atoms. The van der Waals surface area contributed by atoms with Crippen LogP contribution in [0.5, 0.6) is 0 Å². The summed E-state index contributed by atoms with van der Waals surface area (Å²) >= 11 is 2.55. The van der Waals surface area contributed by atoms with Crippen molar-refractivity contribution in [1.82, 2.24) is 4.98 Å². The van der Waals surface area contributed by atoms with Crippen LogP contribution >= 0.6 is 22.7 Å². The molecule has 0 unspecified atom stereocenters. The van der Waals surface area contributed by atoms with Crippen molar-refractivity contribution in [3.05, 3.63) is 63.5 Å². The normalized spacial score (nSPS) is 11.0. The topological polar surface area (TPSA) is 94.3 Å². The minimum Gasteiger partial charge on any atom is -0.462 e. The van der Waals surface area contributed by atoms with E-state index in [0.717, 1.165) is 45.4 Å². The quantitative estimate of drug-likeness (QED) is 0.304. The van der Waals surface area contributed by atoms with Gasteiger partial charge in [0.1, 0.15) is 20.3 Å². The highest BCUT2D eigenvalue weighted by Gasteiger charge is 2.25. The Balaban J connectivity index is 1.70. The molecule has 170 valence electrons. The molecule has 0 radical (unpaired) electrons. The number of fused-ring (bicyclic) bond motifs is 1. The number of nitrogens with zero attached hydrogens (tertiary/aromatic N) is 1. The number of aryl methyl sites for hydroxylation is 2. The number of benzene rings is 1. The summed E-state index contributed by atoms with van der Waals surface area (Å²) in [5.41, 5.74) is 10.7. The number of carbonyl (C=O) groups is 2. The van der Waals surface area contributed by atoms with Crippen LogP contribution in [0.25, 0.3) is 21.3 Å². The SMILES string of the molecule is CCCc1ccc2c(N)c(C(=O)Nc3scc(-c4ccc(C)cc4)c3C(=O)OCC)sc2n1. The van der Waals surface area contributed by atoms with Crippen LogP contribution < -0.4 is 11.1 Å². The third-order valence-corrected chi connectivity index (χ3v) is 7.23. The second-order valence-corrected chi connectivity index (χ2v) is 9.52. The van der Waals surface area contributed by atoms with E-state index >= 15 is 0 Å². The first-order chi connectivity index (χ1) is 15.9. The van der Waals surface area contributed by atoms with E-state index in [0.29, 0.717) is 21.1 Å². The standard InChI is InChI=1S/C25H25N3O3S2/c1-4-6-16-11-12-17-20(26)21(33-23(17)27-16)22(29)28-24-19(25(30)31-5-2)18(13-32-24)15-9-7-14(3)8-10-15/h7-13H,4-6,26H2,1-3H3,(H,28,29). The van der Waals surface area contributed by atoms with Crippen molar-refractivity contribution < 1.29 is 14.3 Å². The molecule has 3 aromatic heterocycles. The number of aromatic nitrogens is 1. The maximum atomic E-state index is 13.2. The summed E-state index contributed by atoms with van der Waals surface area (Å²) in [7, 11) is 0. The van der Waals surface area contributed by atoms with Gasteiger partial charge in [-0.15, -0.1) is 22.7 Å². The van der Waals surface area contributed by atoms with E-state index in [4.69, 9.17) is 10.5 Å². The van der Waals surface area contributed by atoms with Gasteiger partial charge in [-0.05, 0) is 38.0 Å². The number of thiophene rings is 2. The van der Waals surface area contributed by atoms with Gasteiger partial charge in [-0.25, -0.2) is 9.78 Å². The molecule has 0 saturated heterocycles. The van der Waals surface area contributed by atoms with Crippen molar-refractivity contribution in [1.29, 1.82) is 0 Å². The van der Waals surface area contributed by atoms with Crippen LogP contribution in [0.2, 0.25) is 0 Å². The number of rotatable bonds is 7. The molecule has 3 N–H and O–H groups in total. The summed E-state index contributed by atoms with van der Waals surface area (Å²) in [6, 6.07) is 11.7. The Morgan fingerprint density at radius 3 is 2.58 bits per heavy atom. The zero-order chi connectivity index (χ0) is 23.5. The minimum atomic E-state index is -0.472. The molecule has 1 amide bonds. The smallest absolute Gasteiger partial charge is 0.341 e. The lowest BCUT2D eigenvalue weighted by Crippen LogP contribution is -2.14. The summed E-state index contributed by atoms with van der Waals surface area (Å²) < 4.78 is 5.29. The van der Waals surface area contributed by atoms with Crippen molar-refractivity contribution in [3.63, 3.8) is 0 Å². The molecule has 1 aromatic carbocycles. The lowest BCUT2D eigenvalue weighted by atomic mass is 10.0. The highest BCUT2D eigenvalue weighted by molar-refractivity contribution is 7.21. The summed E-state index contributed by atoms with van der Waals surface area (Å²) in [4.78, 5) is 31.8. The largest absolute Gasteiger partial charge is 0.462 e. The van der Waals surface area contributed by atoms with Gasteiger partial charge in [0.15, 0.2) is 0 Å². The van der Waals surface area contributed by atoms with Crippen molar-refractivity contribution in [2.24, 2.45) is 0 Å². The Labute approximate surface area is 200 Å². The number of amides is 1. The third kappa shape index (κ3) is 4.62. The fraction of sp³-hybridized carbons (Fsp3) is 0.240. The number of hydrogen-bond donors (Lipinski definition) is 2. The van der Waals surface area contributed by atoms with Gasteiger partial charge in [0.2, 0.25) is 0 Å². The Kier molecular flexibility index (Phi) is 6.76. The van der Waals surface area contributed by atoms with Gasteiger partial charge in [0.25, 0.3) is 5.91 Å². The highest BCUT2D eigenvalue weighted by atomic mass is 32.1. The molecule has 4 rings (SSSR count). The van der Waals surface area contributed by atoms with Gasteiger partial charge in [0, 0.05) is 22.0 Å². The van der Waals surface area contributed by atoms with Crippen molar-refractivity contribution in [2.75, 3.05) is 17.7 Å². The number of esters is 1. The molecule has 3 heterocycles. The molecule has 6 nitrogen and oxygen atoms in total. The lowest BCUT2D eigenvalue weighted by molar-refractivity contribution is 0.0529. The van der Waals surface area contributed by atoms with Gasteiger partial charge in [-0.2, -0.15) is 0 Å². The predicted octanol–water partition coefficient (Wildman–Crippen LogP) is 6.30. The van der Waals surface area contributed by atoms with Crippen molar-refractivity contribution in [2.45, 2.75) is 33.6 Å². The van der Waals surface area contributed by atoms with Crippen molar-refractivity contribution >= 4 is 55.5 Å². The first kappa shape index (κ1) is 22.9. The Morgan fingerprint density at radius 2 is 1.88 bits per heavy atom. The molecule has 0 aliphatic rings. The van der Waals surface area contributed by atoms with E-state index in [9.17, 15) is 9.59 Å². The number of anilines is 2. The molecule has 0 fully saturated rings. The number of nitrogens with two attached hydrogens (primary N) is 1. The van der Waals surface area contributed by atoms with Crippen LogP contribution in [0.3, 0.4) is 0 Å². The van der Waals surface area contributed by atoms with E-state index in [1.165, 1.54) is 22.7 Å². The van der Waals surface area contributed by atoms with Crippen LogP contribution in [0.4, 0.5) is 10.7 Å². The van der Waals surface area contributed by atoms with E-state index in [-0.39, 0.29) is 12.5 Å². The summed E-state index contributed by atoms with van der Waals surface area (Å²) in [5, 5.41) is 5.95. The van der Waals surface area contributed by atoms with Gasteiger partial charge in [0.05, 0.1) is 12.3 Å². The first-order valence-electron chi connectivity index (χ1n) is 10.8. The first-order valence-corrected chi connectivity index (χ1v) is 12.5. The minimum absolute atomic E-state index is 0.241. The maximum absolute atomic E-state index is 13.2. The third-order valence-electron chi connectivity index (χ3n) is 5.22. The Hall–Kier alpha value is -3.23. The fourth-order valence-electron chi connectivity index (χ4n) is 3.56. The number of nitrogen functional groups attached to an aromatic ring is 1. The van der Waals surface area contributed by atoms with E-state index < -0.39 is 5.97 Å². The average Bonchev–Trinajstić information content (AvgIpc) is 3.36. The molecule has 0 atom stereocenters. The number of hydrogen-bond acceptors (Lipinski definition) is 7. The molecule has 0 aliphatic heterocycles. The summed E-state index contributed by atoms with van der Waals surface area (Å²) in [5.74, 6) is -0.838. The van der Waals surface area contributed by atoms with Gasteiger partial charge in [-0.1, -0.05) is 43.2 Å². The summed E-state index contributed by atoms with van der Waals surface area (Å²) in [6.45, 7) is 6.10. The van der Waals surface area contributed by atoms with Crippen LogP contribution in [-0.2, 0) is 11.2 Å². The van der Waals surface area contributed by atoms with E-state index in [2.05, 4.69) is 17.2 Å². The molecular weight excluding hydrogens is 454 g/mol. The highest BCUT2D eigenvalue weighted by Crippen LogP contribution is 2.38. The average molecular weight is 480 g/mol. The monoisotopic (exact) mass is 479 g/mol. The van der Waals surface area contributed by atoms with Crippen LogP contribution in [0, 0.1) is 6.92 Å². The summed E-state index contributed by atoms with van der Waals surface area (Å²) in [6.07, 6.45) is 1.86. The molecule has 4 aromatic rings. The fourth-order valence-corrected chi connectivity index (χ4v) is 5.52. The number of carbonyl (C=O) groups excluding carboxylic acids is 2. The molecule has 8 heteroatoms. The number of pyridine rings is 1.